The number of β-amino-alcohol motifs (C(OH)–C–C–N with tert-alkyl or cyclic N) is 1. The van der Waals surface area contributed by atoms with E-state index in [2.05, 4.69) is 20.9 Å². The molecule has 2 saturated heterocycles. The molecule has 5 heteroatoms. The van der Waals surface area contributed by atoms with E-state index in [0.717, 1.165) is 50.5 Å². The van der Waals surface area contributed by atoms with Gasteiger partial charge in [-0.1, -0.05) is 0 Å². The highest BCUT2D eigenvalue weighted by Gasteiger charge is 2.23. The maximum Gasteiger partial charge on any atom is 0.132 e. The molecule has 0 radical (unpaired) electrons. The molecule has 18 heavy (non-hydrogen) atoms. The molecule has 0 amide bonds. The Morgan fingerprint density at radius 1 is 1.22 bits per heavy atom. The third-order valence-electron chi connectivity index (χ3n) is 3.80. The van der Waals surface area contributed by atoms with Gasteiger partial charge in [0.2, 0.25) is 0 Å². The van der Waals surface area contributed by atoms with Gasteiger partial charge in [-0.25, -0.2) is 9.97 Å². The fraction of sp³-hybridized carbons (Fsp3) is 0.692. The molecular weight excluding hydrogens is 230 g/mol. The lowest BCUT2D eigenvalue weighted by atomic mass is 9.96. The van der Waals surface area contributed by atoms with Gasteiger partial charge < -0.3 is 14.7 Å². The van der Waals surface area contributed by atoms with E-state index in [1.165, 1.54) is 0 Å². The Morgan fingerprint density at radius 2 is 2.06 bits per heavy atom. The molecule has 1 aromatic rings. The summed E-state index contributed by atoms with van der Waals surface area (Å²) < 4.78 is 5.38. The molecule has 2 fully saturated rings. The van der Waals surface area contributed by atoms with E-state index in [0.29, 0.717) is 12.5 Å². The van der Waals surface area contributed by atoms with Crippen LogP contribution in [0.2, 0.25) is 0 Å². The number of hydrogen-bond donors (Lipinski definition) is 1. The summed E-state index contributed by atoms with van der Waals surface area (Å²) in [6, 6.07) is 2.08. The summed E-state index contributed by atoms with van der Waals surface area (Å²) in [4.78, 5) is 10.9. The molecule has 5 nitrogen and oxygen atoms in total. The molecule has 0 spiro atoms. The van der Waals surface area contributed by atoms with Gasteiger partial charge in [-0.15, -0.1) is 0 Å². The van der Waals surface area contributed by atoms with E-state index in [1.54, 1.807) is 6.33 Å². The molecule has 0 saturated carbocycles. The smallest absolute Gasteiger partial charge is 0.132 e. The van der Waals surface area contributed by atoms with Crippen molar-refractivity contribution in [3.63, 3.8) is 0 Å². The number of rotatable bonds is 2. The molecule has 0 bridgehead atoms. The topological polar surface area (TPSA) is 58.5 Å². The summed E-state index contributed by atoms with van der Waals surface area (Å²) in [6.07, 6.45) is 4.34. The predicted octanol–water partition coefficient (Wildman–Crippen LogP) is 0.942. The molecule has 1 atom stereocenters. The molecular formula is C13H19N3O2. The number of aliphatic hydroxyl groups excluding tert-OH is 1. The highest BCUT2D eigenvalue weighted by Crippen LogP contribution is 2.27. The quantitative estimate of drug-likeness (QED) is 0.845. The molecule has 3 rings (SSSR count). The van der Waals surface area contributed by atoms with E-state index in [-0.39, 0.29) is 6.10 Å². The van der Waals surface area contributed by atoms with Crippen LogP contribution >= 0.6 is 0 Å². The van der Waals surface area contributed by atoms with E-state index < -0.39 is 0 Å². The normalized spacial score (nSPS) is 25.6. The van der Waals surface area contributed by atoms with Crippen LogP contribution in [0.4, 0.5) is 5.82 Å². The van der Waals surface area contributed by atoms with Crippen molar-refractivity contribution in [3.8, 4) is 0 Å². The first-order valence-corrected chi connectivity index (χ1v) is 6.65. The molecule has 3 heterocycles. The number of hydrogen-bond acceptors (Lipinski definition) is 5. The highest BCUT2D eigenvalue weighted by atomic mass is 16.5. The van der Waals surface area contributed by atoms with Crippen molar-refractivity contribution in [2.75, 3.05) is 31.2 Å². The van der Waals surface area contributed by atoms with Crippen LogP contribution in [0.5, 0.6) is 0 Å². The fourth-order valence-electron chi connectivity index (χ4n) is 2.70. The zero-order valence-corrected chi connectivity index (χ0v) is 10.5. The minimum absolute atomic E-state index is 0.216. The van der Waals surface area contributed by atoms with Gasteiger partial charge >= 0.3 is 0 Å². The Kier molecular flexibility index (Phi) is 3.43. The van der Waals surface area contributed by atoms with E-state index in [4.69, 9.17) is 4.74 Å². The molecule has 2 aliphatic rings. The lowest BCUT2D eigenvalue weighted by molar-refractivity contribution is 0.0845. The minimum atomic E-state index is -0.216. The Labute approximate surface area is 107 Å². The molecule has 1 unspecified atom stereocenters. The Morgan fingerprint density at radius 3 is 2.78 bits per heavy atom. The van der Waals surface area contributed by atoms with Gasteiger partial charge in [-0.05, 0) is 19.3 Å². The fourth-order valence-corrected chi connectivity index (χ4v) is 2.70. The van der Waals surface area contributed by atoms with Crippen LogP contribution in [0.25, 0.3) is 0 Å². The van der Waals surface area contributed by atoms with Crippen molar-refractivity contribution < 1.29 is 9.84 Å². The first-order chi connectivity index (χ1) is 8.83. The van der Waals surface area contributed by atoms with Crippen molar-refractivity contribution in [3.05, 3.63) is 18.1 Å². The van der Waals surface area contributed by atoms with E-state index >= 15 is 0 Å². The Balaban J connectivity index is 1.76. The third-order valence-corrected chi connectivity index (χ3v) is 3.80. The van der Waals surface area contributed by atoms with E-state index in [9.17, 15) is 5.11 Å². The van der Waals surface area contributed by atoms with Crippen molar-refractivity contribution in [1.29, 1.82) is 0 Å². The maximum absolute atomic E-state index is 9.58. The molecule has 0 aromatic carbocycles. The number of aromatic nitrogens is 2. The summed E-state index contributed by atoms with van der Waals surface area (Å²) in [5.41, 5.74) is 1.12. The summed E-state index contributed by atoms with van der Waals surface area (Å²) >= 11 is 0. The van der Waals surface area contributed by atoms with Gasteiger partial charge in [0.15, 0.2) is 0 Å². The second kappa shape index (κ2) is 5.20. The second-order valence-electron chi connectivity index (χ2n) is 5.08. The first-order valence-electron chi connectivity index (χ1n) is 6.65. The summed E-state index contributed by atoms with van der Waals surface area (Å²) in [5.74, 6) is 1.44. The van der Waals surface area contributed by atoms with Gasteiger partial charge in [0.05, 0.1) is 6.10 Å². The van der Waals surface area contributed by atoms with Crippen LogP contribution in [0, 0.1) is 0 Å². The monoisotopic (exact) mass is 249 g/mol. The van der Waals surface area contributed by atoms with Crippen LogP contribution in [0.3, 0.4) is 0 Å². The maximum atomic E-state index is 9.58. The van der Waals surface area contributed by atoms with Crippen molar-refractivity contribution in [2.45, 2.75) is 31.3 Å². The largest absolute Gasteiger partial charge is 0.391 e. The lowest BCUT2D eigenvalue weighted by Gasteiger charge is -2.23. The van der Waals surface area contributed by atoms with Gasteiger partial charge in [0.1, 0.15) is 12.1 Å². The van der Waals surface area contributed by atoms with Crippen LogP contribution < -0.4 is 4.90 Å². The van der Waals surface area contributed by atoms with Gasteiger partial charge in [-0.3, -0.25) is 0 Å². The minimum Gasteiger partial charge on any atom is -0.391 e. The number of ether oxygens (including phenoxy) is 1. The predicted molar refractivity (Wildman–Crippen MR) is 67.7 cm³/mol. The Hall–Kier alpha value is -1.20. The van der Waals surface area contributed by atoms with Crippen LogP contribution in [-0.4, -0.2) is 47.5 Å². The number of nitrogens with zero attached hydrogens (tertiary/aromatic N) is 3. The number of aliphatic hydroxyl groups is 1. The molecule has 1 aromatic heterocycles. The standard InChI is InChI=1S/C13H19N3O2/c17-11-1-4-16(8-11)13-7-12(14-9-15-13)10-2-5-18-6-3-10/h7,9-11,17H,1-6,8H2. The third kappa shape index (κ3) is 2.47. The van der Waals surface area contributed by atoms with Crippen molar-refractivity contribution in [2.24, 2.45) is 0 Å². The van der Waals surface area contributed by atoms with Crippen molar-refractivity contribution in [1.82, 2.24) is 9.97 Å². The van der Waals surface area contributed by atoms with Gasteiger partial charge in [0, 0.05) is 44.0 Å². The SMILES string of the molecule is OC1CCN(c2cc(C3CCOCC3)ncn2)C1. The Bertz CT molecular complexity index is 387. The van der Waals surface area contributed by atoms with Gasteiger partial charge in [-0.2, -0.15) is 0 Å². The first kappa shape index (κ1) is 11.9. The van der Waals surface area contributed by atoms with Crippen LogP contribution in [-0.2, 0) is 4.74 Å². The zero-order chi connectivity index (χ0) is 12.4. The van der Waals surface area contributed by atoms with E-state index in [1.807, 2.05) is 0 Å². The summed E-state index contributed by atoms with van der Waals surface area (Å²) in [6.45, 7) is 3.22. The van der Waals surface area contributed by atoms with Crippen LogP contribution in [0.1, 0.15) is 30.9 Å². The lowest BCUT2D eigenvalue weighted by Crippen LogP contribution is -2.23. The molecule has 98 valence electrons. The zero-order valence-electron chi connectivity index (χ0n) is 10.5. The summed E-state index contributed by atoms with van der Waals surface area (Å²) in [7, 11) is 0. The van der Waals surface area contributed by atoms with Crippen molar-refractivity contribution >= 4 is 5.82 Å². The van der Waals surface area contributed by atoms with Crippen LogP contribution in [0.15, 0.2) is 12.4 Å². The average molecular weight is 249 g/mol. The molecule has 2 aliphatic heterocycles. The molecule has 1 N–H and O–H groups in total. The second-order valence-corrected chi connectivity index (χ2v) is 5.08. The number of anilines is 1. The summed E-state index contributed by atoms with van der Waals surface area (Å²) in [5, 5.41) is 9.58. The van der Waals surface area contributed by atoms with Gasteiger partial charge in [0.25, 0.3) is 0 Å². The average Bonchev–Trinajstić information content (AvgIpc) is 2.87. The highest BCUT2D eigenvalue weighted by molar-refractivity contribution is 5.41. The molecule has 0 aliphatic carbocycles.